The molecule has 62 heavy (non-hydrogen) atoms. The van der Waals surface area contributed by atoms with Crippen molar-refractivity contribution in [3.05, 3.63) is 160 Å². The lowest BCUT2D eigenvalue weighted by Gasteiger charge is -2.36. The second-order valence-electron chi connectivity index (χ2n) is 14.0. The average Bonchev–Trinajstić information content (AvgIpc) is 3.54. The summed E-state index contributed by atoms with van der Waals surface area (Å²) in [5.41, 5.74) is 1.06. The number of esters is 1. The minimum atomic E-state index is -2.43. The van der Waals surface area contributed by atoms with E-state index >= 15 is 0 Å². The maximum absolute atomic E-state index is 14.0. The van der Waals surface area contributed by atoms with Crippen LogP contribution < -0.4 is 19.5 Å². The third kappa shape index (κ3) is 9.55. The van der Waals surface area contributed by atoms with Gasteiger partial charge in [0, 0.05) is 19.7 Å². The molecule has 11 nitrogen and oxygen atoms in total. The molecule has 1 heterocycles. The molecule has 324 valence electrons. The SMILES string of the molecule is COc1ccc(C(OCCCCCCOC(=O)NCCCN2C(=O)c3ccc(C(=O)Oc4c(F)c(F)c(F)c(F)c4F)cc3C2=O)(c2ccccc2)c2ccc(OC)cc2)cc1. The van der Waals surface area contributed by atoms with Crippen LogP contribution in [0, 0.1) is 29.1 Å². The molecule has 0 saturated heterocycles. The Bertz CT molecular complexity index is 2340. The molecule has 0 atom stereocenters. The zero-order valence-electron chi connectivity index (χ0n) is 33.6. The third-order valence-corrected chi connectivity index (χ3v) is 10.2. The van der Waals surface area contributed by atoms with E-state index in [4.69, 9.17) is 18.9 Å². The van der Waals surface area contributed by atoms with E-state index in [1.165, 1.54) is 0 Å². The summed E-state index contributed by atoms with van der Waals surface area (Å²) in [7, 11) is 3.23. The van der Waals surface area contributed by atoms with Crippen molar-refractivity contribution in [3.63, 3.8) is 0 Å². The van der Waals surface area contributed by atoms with Crippen molar-refractivity contribution in [2.24, 2.45) is 0 Å². The van der Waals surface area contributed by atoms with Crippen LogP contribution in [0.3, 0.4) is 0 Å². The fraction of sp³-hybridized carbons (Fsp3) is 0.261. The predicted molar refractivity (Wildman–Crippen MR) is 214 cm³/mol. The maximum Gasteiger partial charge on any atom is 0.407 e. The predicted octanol–water partition coefficient (Wildman–Crippen LogP) is 8.90. The molecule has 0 fully saturated rings. The Morgan fingerprint density at radius 3 is 1.73 bits per heavy atom. The summed E-state index contributed by atoms with van der Waals surface area (Å²) in [6, 6.07) is 28.6. The van der Waals surface area contributed by atoms with Gasteiger partial charge in [0.25, 0.3) is 11.8 Å². The largest absolute Gasteiger partial charge is 0.497 e. The highest BCUT2D eigenvalue weighted by molar-refractivity contribution is 6.22. The number of alkyl carbamates (subject to hydrolysis) is 1. The van der Waals surface area contributed by atoms with Gasteiger partial charge >= 0.3 is 12.1 Å². The van der Waals surface area contributed by atoms with Crippen LogP contribution in [0.1, 0.15) is 79.9 Å². The number of amides is 3. The van der Waals surface area contributed by atoms with Gasteiger partial charge in [-0.05, 0) is 84.8 Å². The number of methoxy groups -OCH3 is 2. The molecule has 0 unspecified atom stereocenters. The first-order valence-electron chi connectivity index (χ1n) is 19.5. The van der Waals surface area contributed by atoms with Gasteiger partial charge in [-0.25, -0.2) is 22.8 Å². The first-order chi connectivity index (χ1) is 29.9. The lowest BCUT2D eigenvalue weighted by atomic mass is 9.80. The molecule has 16 heteroatoms. The zero-order chi connectivity index (χ0) is 44.4. The van der Waals surface area contributed by atoms with Crippen molar-refractivity contribution in [2.75, 3.05) is 40.5 Å². The summed E-state index contributed by atoms with van der Waals surface area (Å²) < 4.78 is 96.0. The molecule has 0 aromatic heterocycles. The van der Waals surface area contributed by atoms with Crippen LogP contribution in [-0.4, -0.2) is 69.3 Å². The number of nitrogens with zero attached hydrogens (tertiary/aromatic N) is 1. The summed E-state index contributed by atoms with van der Waals surface area (Å²) in [6.07, 6.45) is 2.35. The number of carbonyl (C=O) groups is 4. The Kier molecular flexibility index (Phi) is 14.6. The molecular formula is C46H41F5N2O9. The van der Waals surface area contributed by atoms with Crippen LogP contribution in [0.15, 0.2) is 97.1 Å². The van der Waals surface area contributed by atoms with Crippen LogP contribution in [-0.2, 0) is 15.1 Å². The first kappa shape index (κ1) is 44.7. The Labute approximate surface area is 353 Å². The number of hydrogen-bond donors (Lipinski definition) is 1. The maximum atomic E-state index is 14.0. The number of carbonyl (C=O) groups excluding carboxylic acids is 4. The van der Waals surface area contributed by atoms with E-state index < -0.39 is 69.9 Å². The number of nitrogens with one attached hydrogen (secondary N) is 1. The highest BCUT2D eigenvalue weighted by Gasteiger charge is 2.38. The van der Waals surface area contributed by atoms with E-state index in [2.05, 4.69) is 10.1 Å². The van der Waals surface area contributed by atoms with Gasteiger partial charge < -0.3 is 29.0 Å². The van der Waals surface area contributed by atoms with E-state index in [-0.39, 0.29) is 37.2 Å². The van der Waals surface area contributed by atoms with Crippen molar-refractivity contribution in [1.29, 1.82) is 0 Å². The van der Waals surface area contributed by atoms with Crippen molar-refractivity contribution in [2.45, 2.75) is 37.7 Å². The van der Waals surface area contributed by atoms with Crippen LogP contribution in [0.4, 0.5) is 26.7 Å². The fourth-order valence-electron chi connectivity index (χ4n) is 6.95. The van der Waals surface area contributed by atoms with Gasteiger partial charge in [0.2, 0.25) is 34.8 Å². The minimum absolute atomic E-state index is 0.0502. The molecule has 0 aliphatic carbocycles. The molecule has 0 bridgehead atoms. The molecule has 3 amide bonds. The van der Waals surface area contributed by atoms with Gasteiger partial charge in [-0.2, -0.15) is 8.78 Å². The molecule has 1 N–H and O–H groups in total. The summed E-state index contributed by atoms with van der Waals surface area (Å²) in [6.45, 7) is 0.516. The molecule has 1 aliphatic heterocycles. The Balaban J connectivity index is 0.934. The van der Waals surface area contributed by atoms with Crippen LogP contribution >= 0.6 is 0 Å². The molecular weight excluding hydrogens is 820 g/mol. The van der Waals surface area contributed by atoms with Crippen molar-refractivity contribution < 1.29 is 64.8 Å². The van der Waals surface area contributed by atoms with E-state index in [0.29, 0.717) is 13.0 Å². The number of halogens is 5. The topological polar surface area (TPSA) is 130 Å². The Hall–Kier alpha value is -6.81. The Morgan fingerprint density at radius 2 is 1.15 bits per heavy atom. The fourth-order valence-corrected chi connectivity index (χ4v) is 6.95. The van der Waals surface area contributed by atoms with Gasteiger partial charge in [0.1, 0.15) is 17.1 Å². The Morgan fingerprint density at radius 1 is 0.613 bits per heavy atom. The normalized spacial score (nSPS) is 12.3. The number of ether oxygens (including phenoxy) is 5. The van der Waals surface area contributed by atoms with Crippen LogP contribution in [0.25, 0.3) is 0 Å². The molecule has 5 aromatic carbocycles. The van der Waals surface area contributed by atoms with E-state index in [9.17, 15) is 41.1 Å². The number of rotatable bonds is 19. The molecule has 6 rings (SSSR count). The number of imide groups is 1. The average molecular weight is 861 g/mol. The van der Waals surface area contributed by atoms with Crippen LogP contribution in [0.2, 0.25) is 0 Å². The lowest BCUT2D eigenvalue weighted by Crippen LogP contribution is -2.33. The third-order valence-electron chi connectivity index (χ3n) is 10.2. The van der Waals surface area contributed by atoms with Crippen molar-refractivity contribution in [1.82, 2.24) is 10.2 Å². The number of fused-ring (bicyclic) bond motifs is 1. The number of unbranched alkanes of at least 4 members (excludes halogenated alkanes) is 3. The second kappa shape index (κ2) is 20.2. The summed E-state index contributed by atoms with van der Waals surface area (Å²) >= 11 is 0. The van der Waals surface area contributed by atoms with Gasteiger partial charge in [0.05, 0.1) is 37.5 Å². The van der Waals surface area contributed by atoms with E-state index in [1.807, 2.05) is 78.9 Å². The molecule has 5 aromatic rings. The first-order valence-corrected chi connectivity index (χ1v) is 19.5. The van der Waals surface area contributed by atoms with Gasteiger partial charge in [0.15, 0.2) is 0 Å². The van der Waals surface area contributed by atoms with Gasteiger partial charge in [-0.1, -0.05) is 61.0 Å². The lowest BCUT2D eigenvalue weighted by molar-refractivity contribution is 0.0104. The molecule has 0 saturated carbocycles. The van der Waals surface area contributed by atoms with Crippen molar-refractivity contribution >= 4 is 23.9 Å². The van der Waals surface area contributed by atoms with E-state index in [1.54, 1.807) is 14.2 Å². The highest BCUT2D eigenvalue weighted by Crippen LogP contribution is 2.42. The van der Waals surface area contributed by atoms with Crippen LogP contribution in [0.5, 0.6) is 17.2 Å². The van der Waals surface area contributed by atoms with Gasteiger partial charge in [-0.15, -0.1) is 0 Å². The quantitative estimate of drug-likeness (QED) is 0.0127. The summed E-state index contributed by atoms with van der Waals surface area (Å²) in [5.74, 6) is -15.2. The smallest absolute Gasteiger partial charge is 0.407 e. The number of benzene rings is 5. The molecule has 0 spiro atoms. The molecule has 0 radical (unpaired) electrons. The monoisotopic (exact) mass is 860 g/mol. The van der Waals surface area contributed by atoms with Gasteiger partial charge in [-0.3, -0.25) is 14.5 Å². The second-order valence-corrected chi connectivity index (χ2v) is 14.0. The summed E-state index contributed by atoms with van der Waals surface area (Å²) in [4.78, 5) is 51.7. The van der Waals surface area contributed by atoms with Crippen molar-refractivity contribution in [3.8, 4) is 17.2 Å². The highest BCUT2D eigenvalue weighted by atomic mass is 19.2. The zero-order valence-corrected chi connectivity index (χ0v) is 33.6. The number of hydrogen-bond acceptors (Lipinski definition) is 9. The summed E-state index contributed by atoms with van der Waals surface area (Å²) in [5, 5.41) is 2.57. The van der Waals surface area contributed by atoms with E-state index in [0.717, 1.165) is 70.6 Å². The molecule has 1 aliphatic rings. The standard InChI is InChI=1S/C46H41F5N2O9/c1-58-32-18-14-30(15-19-32)46(29-11-6-5-7-12-29,31-16-20-33(59-2)21-17-31)61-26-9-4-3-8-25-60-45(57)52-23-10-24-53-42(54)34-22-13-28(27-35(34)43(53)55)44(56)62-41-39(50)37(48)36(47)38(49)40(41)51/h5-7,11-22,27H,3-4,8-10,23-26H2,1-2H3,(H,52,57). The minimum Gasteiger partial charge on any atom is -0.497 e.